The van der Waals surface area contributed by atoms with E-state index in [1.165, 1.54) is 60.8 Å². The van der Waals surface area contributed by atoms with Crippen LogP contribution in [0.15, 0.2) is 140 Å². The van der Waals surface area contributed by atoms with Gasteiger partial charge in [-0.3, -0.25) is 0 Å². The van der Waals surface area contributed by atoms with E-state index < -0.39 is 0 Å². The average Bonchev–Trinajstić information content (AvgIpc) is 3.69. The molecule has 234 valence electrons. The van der Waals surface area contributed by atoms with Crippen LogP contribution in [-0.2, 0) is 10.8 Å². The van der Waals surface area contributed by atoms with Gasteiger partial charge in [-0.2, -0.15) is 0 Å². The Morgan fingerprint density at radius 2 is 1.04 bits per heavy atom. The summed E-state index contributed by atoms with van der Waals surface area (Å²) in [7, 11) is 0. The van der Waals surface area contributed by atoms with Crippen LogP contribution in [0.25, 0.3) is 72.5 Å². The van der Waals surface area contributed by atoms with Gasteiger partial charge < -0.3 is 4.57 Å². The van der Waals surface area contributed by atoms with Gasteiger partial charge in [0.1, 0.15) is 0 Å². The fraction of sp³-hybridized carbons (Fsp3) is 0.130. The molecule has 2 heterocycles. The number of fused-ring (bicyclic) bond motifs is 10. The molecule has 2 aliphatic rings. The molecule has 0 N–H and O–H groups in total. The molecule has 0 saturated heterocycles. The maximum absolute atomic E-state index is 5.50. The molecule has 8 aromatic rings. The second kappa shape index (κ2) is 9.87. The molecule has 2 aromatic heterocycles. The van der Waals surface area contributed by atoms with Crippen molar-refractivity contribution in [2.75, 3.05) is 0 Å². The Bertz CT molecular complexity index is 2660. The molecule has 0 aliphatic heterocycles. The number of rotatable bonds is 3. The zero-order valence-corrected chi connectivity index (χ0v) is 28.1. The maximum Gasteiger partial charge on any atom is 0.162 e. The summed E-state index contributed by atoms with van der Waals surface area (Å²) in [6, 6.07) is 50.4. The molecule has 0 saturated carbocycles. The number of nitrogens with zero attached hydrogens (tertiary/aromatic N) is 3. The first kappa shape index (κ1) is 28.2. The Kier molecular flexibility index (Phi) is 5.69. The SMILES string of the molecule is CC1(C)c2ccccc2-c2nc(-c3ccccc3-n3c4ccccc4c4ccc5c(c43)C(C)(C)c3ccccc3-5)nc(-c3ccccc3)c21. The third-order valence-corrected chi connectivity index (χ3v) is 11.2. The molecule has 0 amide bonds. The van der Waals surface area contributed by atoms with E-state index in [1.807, 2.05) is 0 Å². The third kappa shape index (κ3) is 3.73. The van der Waals surface area contributed by atoms with Crippen LogP contribution in [0.5, 0.6) is 0 Å². The fourth-order valence-electron chi connectivity index (χ4n) is 8.96. The smallest absolute Gasteiger partial charge is 0.162 e. The summed E-state index contributed by atoms with van der Waals surface area (Å²) in [5.41, 5.74) is 16.3. The van der Waals surface area contributed by atoms with Gasteiger partial charge in [0.15, 0.2) is 5.82 Å². The van der Waals surface area contributed by atoms with Crippen molar-refractivity contribution in [2.45, 2.75) is 38.5 Å². The van der Waals surface area contributed by atoms with Gasteiger partial charge in [-0.25, -0.2) is 9.97 Å². The Morgan fingerprint density at radius 1 is 0.449 bits per heavy atom. The molecule has 2 aliphatic carbocycles. The molecule has 10 rings (SSSR count). The van der Waals surface area contributed by atoms with E-state index in [9.17, 15) is 0 Å². The first-order chi connectivity index (χ1) is 23.9. The molecule has 49 heavy (non-hydrogen) atoms. The lowest BCUT2D eigenvalue weighted by Gasteiger charge is -2.25. The van der Waals surface area contributed by atoms with Crippen molar-refractivity contribution in [1.29, 1.82) is 0 Å². The van der Waals surface area contributed by atoms with Crippen molar-refractivity contribution >= 4 is 21.8 Å². The summed E-state index contributed by atoms with van der Waals surface area (Å²) >= 11 is 0. The van der Waals surface area contributed by atoms with E-state index in [1.54, 1.807) is 0 Å². The predicted octanol–water partition coefficient (Wildman–Crippen LogP) is 11.5. The van der Waals surface area contributed by atoms with E-state index >= 15 is 0 Å². The molecule has 3 nitrogen and oxygen atoms in total. The van der Waals surface area contributed by atoms with Crippen molar-refractivity contribution in [3.63, 3.8) is 0 Å². The molecule has 0 atom stereocenters. The van der Waals surface area contributed by atoms with Crippen molar-refractivity contribution in [1.82, 2.24) is 14.5 Å². The van der Waals surface area contributed by atoms with Crippen LogP contribution in [-0.4, -0.2) is 14.5 Å². The van der Waals surface area contributed by atoms with Crippen LogP contribution >= 0.6 is 0 Å². The first-order valence-corrected chi connectivity index (χ1v) is 17.2. The van der Waals surface area contributed by atoms with Crippen molar-refractivity contribution < 1.29 is 0 Å². The summed E-state index contributed by atoms with van der Waals surface area (Å²) in [5, 5.41) is 2.51. The van der Waals surface area contributed by atoms with Crippen molar-refractivity contribution in [2.24, 2.45) is 0 Å². The van der Waals surface area contributed by atoms with E-state index in [4.69, 9.17) is 9.97 Å². The molecule has 3 heteroatoms. The van der Waals surface area contributed by atoms with Gasteiger partial charge in [-0.05, 0) is 46.0 Å². The minimum Gasteiger partial charge on any atom is -0.308 e. The third-order valence-electron chi connectivity index (χ3n) is 11.2. The number of aromatic nitrogens is 3. The highest BCUT2D eigenvalue weighted by Gasteiger charge is 2.41. The van der Waals surface area contributed by atoms with Crippen LogP contribution in [0.1, 0.15) is 49.9 Å². The first-order valence-electron chi connectivity index (χ1n) is 17.2. The second-order valence-corrected chi connectivity index (χ2v) is 14.6. The minimum atomic E-state index is -0.233. The van der Waals surface area contributed by atoms with Gasteiger partial charge in [0.25, 0.3) is 0 Å². The quantitative estimate of drug-likeness (QED) is 0.195. The van der Waals surface area contributed by atoms with E-state index in [0.29, 0.717) is 0 Å². The molecule has 0 bridgehead atoms. The molecular formula is C46H35N3. The number of hydrogen-bond acceptors (Lipinski definition) is 2. The zero-order valence-electron chi connectivity index (χ0n) is 28.1. The van der Waals surface area contributed by atoms with Gasteiger partial charge in [0.05, 0.1) is 28.1 Å². The predicted molar refractivity (Wildman–Crippen MR) is 202 cm³/mol. The summed E-state index contributed by atoms with van der Waals surface area (Å²) in [6.45, 7) is 9.36. The Labute approximate surface area is 286 Å². The highest BCUT2D eigenvalue weighted by atomic mass is 15.0. The topological polar surface area (TPSA) is 30.7 Å². The Morgan fingerprint density at radius 3 is 1.84 bits per heavy atom. The van der Waals surface area contributed by atoms with Crippen molar-refractivity contribution in [3.05, 3.63) is 162 Å². The zero-order chi connectivity index (χ0) is 33.1. The monoisotopic (exact) mass is 629 g/mol. The number of para-hydroxylation sites is 2. The highest BCUT2D eigenvalue weighted by Crippen LogP contribution is 2.54. The second-order valence-electron chi connectivity index (χ2n) is 14.6. The van der Waals surface area contributed by atoms with Crippen LogP contribution in [0.4, 0.5) is 0 Å². The van der Waals surface area contributed by atoms with Gasteiger partial charge in [0.2, 0.25) is 0 Å². The average molecular weight is 630 g/mol. The van der Waals surface area contributed by atoms with Crippen molar-refractivity contribution in [3.8, 4) is 50.7 Å². The maximum atomic E-state index is 5.50. The largest absolute Gasteiger partial charge is 0.308 e. The van der Waals surface area contributed by atoms with Crippen LogP contribution in [0.3, 0.4) is 0 Å². The molecule has 0 unspecified atom stereocenters. The summed E-state index contributed by atoms with van der Waals surface area (Å²) in [6.07, 6.45) is 0. The Balaban J connectivity index is 1.31. The standard InChI is InChI=1S/C46H35N3/c1-45(2)35-22-12-8-18-29(35)31-26-27-32-30-19-10-14-24-37(30)49(43(32)39(31)45)38-25-15-11-21-34(38)44-47-41(28-16-6-5-7-17-28)40-42(48-44)33-20-9-13-23-36(33)46(40,3)4/h5-27H,1-4H3. The van der Waals surface area contributed by atoms with Gasteiger partial charge in [0, 0.05) is 43.9 Å². The summed E-state index contributed by atoms with van der Waals surface area (Å²) < 4.78 is 2.49. The molecular weight excluding hydrogens is 595 g/mol. The normalized spacial score (nSPS) is 14.9. The van der Waals surface area contributed by atoms with Crippen LogP contribution < -0.4 is 0 Å². The molecule has 0 spiro atoms. The van der Waals surface area contributed by atoms with E-state index in [0.717, 1.165) is 34.0 Å². The number of benzene rings is 6. The van der Waals surface area contributed by atoms with Crippen LogP contribution in [0, 0.1) is 0 Å². The van der Waals surface area contributed by atoms with E-state index in [2.05, 4.69) is 172 Å². The summed E-state index contributed by atoms with van der Waals surface area (Å²) in [4.78, 5) is 11.0. The lowest BCUT2D eigenvalue weighted by atomic mass is 9.81. The summed E-state index contributed by atoms with van der Waals surface area (Å²) in [5.74, 6) is 0.738. The number of hydrogen-bond donors (Lipinski definition) is 0. The van der Waals surface area contributed by atoms with E-state index in [-0.39, 0.29) is 10.8 Å². The molecule has 6 aromatic carbocycles. The lowest BCUT2D eigenvalue weighted by molar-refractivity contribution is 0.658. The lowest BCUT2D eigenvalue weighted by Crippen LogP contribution is -2.17. The fourth-order valence-corrected chi connectivity index (χ4v) is 8.96. The molecule has 0 radical (unpaired) electrons. The highest BCUT2D eigenvalue weighted by molar-refractivity contribution is 6.13. The minimum absolute atomic E-state index is 0.174. The van der Waals surface area contributed by atoms with Gasteiger partial charge >= 0.3 is 0 Å². The van der Waals surface area contributed by atoms with Gasteiger partial charge in [-0.15, -0.1) is 0 Å². The van der Waals surface area contributed by atoms with Gasteiger partial charge in [-0.1, -0.05) is 149 Å². The Hall–Kier alpha value is -5.80. The van der Waals surface area contributed by atoms with Crippen LogP contribution in [0.2, 0.25) is 0 Å². The molecule has 0 fully saturated rings.